The molecule has 1 aromatic rings. The molecule has 1 aliphatic carbocycles. The smallest absolute Gasteiger partial charge is 0.265 e. The van der Waals surface area contributed by atoms with Gasteiger partial charge in [0.1, 0.15) is 10.3 Å². The summed E-state index contributed by atoms with van der Waals surface area (Å²) in [5, 5.41) is 0. The largest absolute Gasteiger partial charge is 0.309 e. The molecule has 1 aromatic heterocycles. The topological polar surface area (TPSA) is 45.8 Å². The molecule has 1 aliphatic rings. The Bertz CT molecular complexity index is 447. The van der Waals surface area contributed by atoms with Crippen LogP contribution in [0.15, 0.2) is 9.27 Å². The van der Waals surface area contributed by atoms with Gasteiger partial charge in [-0.25, -0.2) is 4.98 Å². The van der Waals surface area contributed by atoms with Crippen molar-refractivity contribution in [1.29, 1.82) is 0 Å². The molecule has 1 heterocycles. The quantitative estimate of drug-likeness (QED) is 0.905. The summed E-state index contributed by atoms with van der Waals surface area (Å²) in [6.07, 6.45) is 6.13. The van der Waals surface area contributed by atoms with Crippen LogP contribution < -0.4 is 5.56 Å². The highest BCUT2D eigenvalue weighted by atomic mass is 79.9. The zero-order chi connectivity index (χ0) is 12.4. The van der Waals surface area contributed by atoms with Crippen molar-refractivity contribution in [3.8, 4) is 0 Å². The molecule has 0 radical (unpaired) electrons. The van der Waals surface area contributed by atoms with Crippen LogP contribution in [-0.4, -0.2) is 9.97 Å². The first-order valence-corrected chi connectivity index (χ1v) is 7.18. The molecule has 0 unspecified atom stereocenters. The monoisotopic (exact) mass is 298 g/mol. The molecule has 2 rings (SSSR count). The lowest BCUT2D eigenvalue weighted by Gasteiger charge is -2.21. The van der Waals surface area contributed by atoms with Gasteiger partial charge in [0.05, 0.1) is 5.69 Å². The summed E-state index contributed by atoms with van der Waals surface area (Å²) >= 11 is 3.33. The Morgan fingerprint density at radius 3 is 2.53 bits per heavy atom. The predicted molar refractivity (Wildman–Crippen MR) is 72.5 cm³/mol. The molecule has 0 amide bonds. The van der Waals surface area contributed by atoms with Crippen LogP contribution in [0.1, 0.15) is 69.3 Å². The van der Waals surface area contributed by atoms with Crippen LogP contribution in [0.5, 0.6) is 0 Å². The van der Waals surface area contributed by atoms with Crippen LogP contribution >= 0.6 is 15.9 Å². The minimum atomic E-state index is -0.0377. The molecule has 0 spiro atoms. The first-order valence-electron chi connectivity index (χ1n) is 6.39. The van der Waals surface area contributed by atoms with Crippen molar-refractivity contribution in [2.45, 2.75) is 57.8 Å². The van der Waals surface area contributed by atoms with Crippen LogP contribution in [-0.2, 0) is 0 Å². The van der Waals surface area contributed by atoms with E-state index in [9.17, 15) is 4.79 Å². The molecular formula is C13H19BrN2O. The van der Waals surface area contributed by atoms with E-state index in [-0.39, 0.29) is 11.5 Å². The van der Waals surface area contributed by atoms with Crippen LogP contribution in [0.4, 0.5) is 0 Å². The zero-order valence-electron chi connectivity index (χ0n) is 10.4. The van der Waals surface area contributed by atoms with Gasteiger partial charge in [-0.15, -0.1) is 0 Å². The van der Waals surface area contributed by atoms with Crippen LogP contribution in [0, 0.1) is 0 Å². The molecule has 4 heteroatoms. The number of aromatic nitrogens is 2. The normalized spacial score (nSPS) is 17.6. The SMILES string of the molecule is CC(C)c1nc(C2CCCCC2)[nH]c(=O)c1Br. The van der Waals surface area contributed by atoms with Crippen molar-refractivity contribution in [2.24, 2.45) is 0 Å². The maximum absolute atomic E-state index is 11.9. The Kier molecular flexibility index (Phi) is 4.02. The van der Waals surface area contributed by atoms with Crippen molar-refractivity contribution in [3.63, 3.8) is 0 Å². The van der Waals surface area contributed by atoms with E-state index in [1.807, 2.05) is 0 Å². The van der Waals surface area contributed by atoms with E-state index in [4.69, 9.17) is 0 Å². The summed E-state index contributed by atoms with van der Waals surface area (Å²) in [6.45, 7) is 4.13. The number of hydrogen-bond donors (Lipinski definition) is 1. The fourth-order valence-corrected chi connectivity index (χ4v) is 3.09. The zero-order valence-corrected chi connectivity index (χ0v) is 12.0. The van der Waals surface area contributed by atoms with Crippen LogP contribution in [0.3, 0.4) is 0 Å². The van der Waals surface area contributed by atoms with Gasteiger partial charge in [-0.05, 0) is 34.7 Å². The summed E-state index contributed by atoms with van der Waals surface area (Å²) in [6, 6.07) is 0. The first-order chi connectivity index (χ1) is 8.09. The molecule has 17 heavy (non-hydrogen) atoms. The Balaban J connectivity index is 2.37. The average Bonchev–Trinajstić information content (AvgIpc) is 2.33. The maximum Gasteiger partial charge on any atom is 0.265 e. The Labute approximate surface area is 110 Å². The second kappa shape index (κ2) is 5.34. The summed E-state index contributed by atoms with van der Waals surface area (Å²) in [5.41, 5.74) is 0.846. The number of aromatic amines is 1. The highest BCUT2D eigenvalue weighted by Gasteiger charge is 2.20. The minimum Gasteiger partial charge on any atom is -0.309 e. The fraction of sp³-hybridized carbons (Fsp3) is 0.692. The Hall–Kier alpha value is -0.640. The van der Waals surface area contributed by atoms with Gasteiger partial charge in [-0.3, -0.25) is 4.79 Å². The van der Waals surface area contributed by atoms with Gasteiger partial charge in [0, 0.05) is 5.92 Å². The minimum absolute atomic E-state index is 0.0377. The molecule has 0 aliphatic heterocycles. The first kappa shape index (κ1) is 12.8. The number of nitrogens with one attached hydrogen (secondary N) is 1. The van der Waals surface area contributed by atoms with Crippen molar-refractivity contribution in [3.05, 3.63) is 26.3 Å². The van der Waals surface area contributed by atoms with Crippen molar-refractivity contribution >= 4 is 15.9 Å². The molecule has 0 aromatic carbocycles. The van der Waals surface area contributed by atoms with Gasteiger partial charge in [-0.1, -0.05) is 33.1 Å². The van der Waals surface area contributed by atoms with Crippen LogP contribution in [0.2, 0.25) is 0 Å². The molecule has 1 fully saturated rings. The second-order valence-electron chi connectivity index (χ2n) is 5.14. The Morgan fingerprint density at radius 2 is 1.94 bits per heavy atom. The third kappa shape index (κ3) is 2.79. The highest BCUT2D eigenvalue weighted by molar-refractivity contribution is 9.10. The standard InChI is InChI=1S/C13H19BrN2O/c1-8(2)11-10(14)13(17)16-12(15-11)9-6-4-3-5-7-9/h8-9H,3-7H2,1-2H3,(H,15,16,17). The van der Waals surface area contributed by atoms with E-state index >= 15 is 0 Å². The molecule has 94 valence electrons. The van der Waals surface area contributed by atoms with Gasteiger partial charge >= 0.3 is 0 Å². The summed E-state index contributed by atoms with van der Waals surface area (Å²) in [7, 11) is 0. The van der Waals surface area contributed by atoms with Gasteiger partial charge in [0.25, 0.3) is 5.56 Å². The summed E-state index contributed by atoms with van der Waals surface area (Å²) in [4.78, 5) is 19.4. The molecule has 1 N–H and O–H groups in total. The van der Waals surface area contributed by atoms with Crippen molar-refractivity contribution in [1.82, 2.24) is 9.97 Å². The lowest BCUT2D eigenvalue weighted by atomic mass is 9.88. The fourth-order valence-electron chi connectivity index (χ4n) is 2.45. The molecule has 0 bridgehead atoms. The van der Waals surface area contributed by atoms with E-state index in [2.05, 4.69) is 39.7 Å². The van der Waals surface area contributed by atoms with Crippen molar-refractivity contribution in [2.75, 3.05) is 0 Å². The average molecular weight is 299 g/mol. The van der Waals surface area contributed by atoms with Gasteiger partial charge < -0.3 is 4.98 Å². The summed E-state index contributed by atoms with van der Waals surface area (Å²) in [5.74, 6) is 1.61. The Morgan fingerprint density at radius 1 is 1.29 bits per heavy atom. The number of halogens is 1. The summed E-state index contributed by atoms with van der Waals surface area (Å²) < 4.78 is 0.590. The molecule has 3 nitrogen and oxygen atoms in total. The number of H-pyrrole nitrogens is 1. The second-order valence-corrected chi connectivity index (χ2v) is 5.93. The van der Waals surface area contributed by atoms with E-state index < -0.39 is 0 Å². The molecule has 1 saturated carbocycles. The molecule has 0 atom stereocenters. The number of hydrogen-bond acceptors (Lipinski definition) is 2. The predicted octanol–water partition coefficient (Wildman–Crippen LogP) is 3.70. The van der Waals surface area contributed by atoms with E-state index in [0.717, 1.165) is 24.4 Å². The van der Waals surface area contributed by atoms with E-state index in [0.29, 0.717) is 10.4 Å². The third-order valence-corrected chi connectivity index (χ3v) is 4.21. The lowest BCUT2D eigenvalue weighted by molar-refractivity contribution is 0.426. The van der Waals surface area contributed by atoms with Crippen LogP contribution in [0.25, 0.3) is 0 Å². The number of nitrogens with zero attached hydrogens (tertiary/aromatic N) is 1. The third-order valence-electron chi connectivity index (χ3n) is 3.45. The van der Waals surface area contributed by atoms with Gasteiger partial charge in [0.2, 0.25) is 0 Å². The van der Waals surface area contributed by atoms with E-state index in [1.54, 1.807) is 0 Å². The lowest BCUT2D eigenvalue weighted by Crippen LogP contribution is -2.19. The molecular weight excluding hydrogens is 280 g/mol. The van der Waals surface area contributed by atoms with Crippen molar-refractivity contribution < 1.29 is 0 Å². The maximum atomic E-state index is 11.9. The van der Waals surface area contributed by atoms with Gasteiger partial charge in [0.15, 0.2) is 0 Å². The molecule has 0 saturated heterocycles. The number of rotatable bonds is 2. The van der Waals surface area contributed by atoms with E-state index in [1.165, 1.54) is 19.3 Å². The van der Waals surface area contributed by atoms with Gasteiger partial charge in [-0.2, -0.15) is 0 Å². The highest BCUT2D eigenvalue weighted by Crippen LogP contribution is 2.31.